The predicted octanol–water partition coefficient (Wildman–Crippen LogP) is 4.44. The van der Waals surface area contributed by atoms with Crippen LogP contribution in [0.1, 0.15) is 27.4 Å². The van der Waals surface area contributed by atoms with Crippen molar-refractivity contribution in [1.82, 2.24) is 0 Å². The highest BCUT2D eigenvalue weighted by Crippen LogP contribution is 2.32. The largest absolute Gasteiger partial charge is 0.495 e. The van der Waals surface area contributed by atoms with Crippen LogP contribution in [0.2, 0.25) is 10.0 Å². The molecular formula is C14H12Cl2O3. The van der Waals surface area contributed by atoms with Gasteiger partial charge in [-0.1, -0.05) is 23.2 Å². The number of aryl methyl sites for hydroxylation is 2. The smallest absolute Gasteiger partial charge is 0.198 e. The fraction of sp³-hybridized carbons (Fsp3) is 0.214. The van der Waals surface area contributed by atoms with Gasteiger partial charge < -0.3 is 9.15 Å². The summed E-state index contributed by atoms with van der Waals surface area (Å²) in [6.07, 6.45) is 0. The van der Waals surface area contributed by atoms with E-state index in [0.29, 0.717) is 38.4 Å². The van der Waals surface area contributed by atoms with Gasteiger partial charge in [0.15, 0.2) is 5.78 Å². The van der Waals surface area contributed by atoms with Crippen LogP contribution in [0.15, 0.2) is 22.6 Å². The first-order valence-corrected chi connectivity index (χ1v) is 6.34. The summed E-state index contributed by atoms with van der Waals surface area (Å²) in [5.41, 5.74) is 0.817. The summed E-state index contributed by atoms with van der Waals surface area (Å²) in [6, 6.07) is 4.72. The Morgan fingerprint density at radius 3 is 2.32 bits per heavy atom. The molecule has 2 aromatic rings. The van der Waals surface area contributed by atoms with Gasteiger partial charge in [0.2, 0.25) is 0 Å². The minimum atomic E-state index is -0.219. The maximum Gasteiger partial charge on any atom is 0.198 e. The number of benzene rings is 1. The van der Waals surface area contributed by atoms with Gasteiger partial charge in [-0.3, -0.25) is 4.79 Å². The molecule has 2 rings (SSSR count). The number of ether oxygens (including phenoxy) is 1. The molecule has 0 bridgehead atoms. The molecule has 1 aromatic heterocycles. The summed E-state index contributed by atoms with van der Waals surface area (Å²) in [5.74, 6) is 1.45. The maximum atomic E-state index is 12.4. The number of carbonyl (C=O) groups is 1. The van der Waals surface area contributed by atoms with Crippen molar-refractivity contribution in [2.24, 2.45) is 0 Å². The third kappa shape index (κ3) is 2.62. The number of ketones is 1. The molecule has 0 radical (unpaired) electrons. The molecule has 3 nitrogen and oxygen atoms in total. The van der Waals surface area contributed by atoms with Crippen molar-refractivity contribution < 1.29 is 13.9 Å². The Morgan fingerprint density at radius 2 is 1.79 bits per heavy atom. The van der Waals surface area contributed by atoms with E-state index >= 15 is 0 Å². The molecule has 0 atom stereocenters. The zero-order valence-electron chi connectivity index (χ0n) is 10.7. The molecule has 100 valence electrons. The van der Waals surface area contributed by atoms with Crippen molar-refractivity contribution in [2.45, 2.75) is 13.8 Å². The third-order valence-electron chi connectivity index (χ3n) is 2.77. The molecule has 0 N–H and O–H groups in total. The van der Waals surface area contributed by atoms with Crippen LogP contribution >= 0.6 is 23.2 Å². The fourth-order valence-electron chi connectivity index (χ4n) is 1.86. The normalized spacial score (nSPS) is 10.6. The molecular weight excluding hydrogens is 287 g/mol. The van der Waals surface area contributed by atoms with Gasteiger partial charge in [0.25, 0.3) is 0 Å². The summed E-state index contributed by atoms with van der Waals surface area (Å²) in [7, 11) is 1.49. The lowest BCUT2D eigenvalue weighted by Crippen LogP contribution is -2.03. The van der Waals surface area contributed by atoms with Gasteiger partial charge in [-0.25, -0.2) is 0 Å². The summed E-state index contributed by atoms with van der Waals surface area (Å²) in [4.78, 5) is 12.4. The van der Waals surface area contributed by atoms with Crippen LogP contribution in [0, 0.1) is 13.8 Å². The molecule has 1 heterocycles. The van der Waals surface area contributed by atoms with Gasteiger partial charge >= 0.3 is 0 Å². The number of carbonyl (C=O) groups excluding carboxylic acids is 1. The number of methoxy groups -OCH3 is 1. The molecule has 0 amide bonds. The van der Waals surface area contributed by atoms with Gasteiger partial charge in [0.05, 0.1) is 22.7 Å². The number of halogens is 2. The summed E-state index contributed by atoms with van der Waals surface area (Å²) < 4.78 is 10.4. The molecule has 0 unspecified atom stereocenters. The van der Waals surface area contributed by atoms with Crippen LogP contribution in [0.3, 0.4) is 0 Å². The van der Waals surface area contributed by atoms with Crippen LogP contribution < -0.4 is 4.74 Å². The van der Waals surface area contributed by atoms with Gasteiger partial charge in [-0.2, -0.15) is 0 Å². The van der Waals surface area contributed by atoms with Crippen LogP contribution in [0.4, 0.5) is 0 Å². The zero-order valence-corrected chi connectivity index (χ0v) is 12.2. The van der Waals surface area contributed by atoms with Gasteiger partial charge in [0.1, 0.15) is 17.3 Å². The van der Waals surface area contributed by atoms with Gasteiger partial charge in [0, 0.05) is 11.6 Å². The first-order chi connectivity index (χ1) is 8.93. The lowest BCUT2D eigenvalue weighted by molar-refractivity contribution is 0.103. The maximum absolute atomic E-state index is 12.4. The van der Waals surface area contributed by atoms with E-state index in [0.717, 1.165) is 0 Å². The molecule has 5 heteroatoms. The second-order valence-electron chi connectivity index (χ2n) is 4.12. The second kappa shape index (κ2) is 5.27. The lowest BCUT2D eigenvalue weighted by atomic mass is 10.0. The minimum Gasteiger partial charge on any atom is -0.495 e. The van der Waals surface area contributed by atoms with E-state index < -0.39 is 0 Å². The highest BCUT2D eigenvalue weighted by Gasteiger charge is 2.20. The van der Waals surface area contributed by atoms with Crippen molar-refractivity contribution in [3.05, 3.63) is 50.9 Å². The summed E-state index contributed by atoms with van der Waals surface area (Å²) in [6.45, 7) is 3.52. The minimum absolute atomic E-state index is 0.219. The molecule has 1 aromatic carbocycles. The SMILES string of the molecule is COc1cc(Cl)c(C(=O)c2cc(C)oc2C)cc1Cl. The van der Waals surface area contributed by atoms with E-state index in [1.165, 1.54) is 19.2 Å². The monoisotopic (exact) mass is 298 g/mol. The Balaban J connectivity index is 2.50. The quantitative estimate of drug-likeness (QED) is 0.786. The van der Waals surface area contributed by atoms with Crippen molar-refractivity contribution in [1.29, 1.82) is 0 Å². The molecule has 19 heavy (non-hydrogen) atoms. The van der Waals surface area contributed by atoms with Crippen LogP contribution in [0.5, 0.6) is 5.75 Å². The molecule has 0 saturated carbocycles. The second-order valence-corrected chi connectivity index (χ2v) is 4.94. The third-order valence-corrected chi connectivity index (χ3v) is 3.38. The molecule has 0 aliphatic rings. The fourth-order valence-corrected chi connectivity index (χ4v) is 2.34. The van der Waals surface area contributed by atoms with Crippen molar-refractivity contribution >= 4 is 29.0 Å². The lowest BCUT2D eigenvalue weighted by Gasteiger charge is -2.07. The number of hydrogen-bond donors (Lipinski definition) is 0. The average molecular weight is 299 g/mol. The Hall–Kier alpha value is -1.45. The van der Waals surface area contributed by atoms with Crippen molar-refractivity contribution in [3.63, 3.8) is 0 Å². The summed E-state index contributed by atoms with van der Waals surface area (Å²) >= 11 is 12.1. The van der Waals surface area contributed by atoms with E-state index in [4.69, 9.17) is 32.4 Å². The van der Waals surface area contributed by atoms with Crippen LogP contribution in [-0.4, -0.2) is 12.9 Å². The summed E-state index contributed by atoms with van der Waals surface area (Å²) in [5, 5.41) is 0.637. The predicted molar refractivity (Wildman–Crippen MR) is 74.6 cm³/mol. The Kier molecular flexibility index (Phi) is 3.88. The molecule has 0 saturated heterocycles. The van der Waals surface area contributed by atoms with Gasteiger partial charge in [-0.15, -0.1) is 0 Å². The Morgan fingerprint density at radius 1 is 1.11 bits per heavy atom. The van der Waals surface area contributed by atoms with E-state index in [2.05, 4.69) is 0 Å². The van der Waals surface area contributed by atoms with Gasteiger partial charge in [-0.05, 0) is 26.0 Å². The molecule has 0 aliphatic heterocycles. The highest BCUT2D eigenvalue weighted by molar-refractivity contribution is 6.37. The topological polar surface area (TPSA) is 39.4 Å². The average Bonchev–Trinajstić information content (AvgIpc) is 2.70. The number of rotatable bonds is 3. The highest BCUT2D eigenvalue weighted by atomic mass is 35.5. The molecule has 0 fully saturated rings. The van der Waals surface area contributed by atoms with Crippen molar-refractivity contribution in [3.8, 4) is 5.75 Å². The number of hydrogen-bond acceptors (Lipinski definition) is 3. The van der Waals surface area contributed by atoms with E-state index in [1.807, 2.05) is 0 Å². The van der Waals surface area contributed by atoms with E-state index in [9.17, 15) is 4.79 Å². The van der Waals surface area contributed by atoms with E-state index in [1.54, 1.807) is 19.9 Å². The Labute approximate surface area is 121 Å². The Bertz CT molecular complexity index is 644. The van der Waals surface area contributed by atoms with E-state index in [-0.39, 0.29) is 5.78 Å². The van der Waals surface area contributed by atoms with Crippen LogP contribution in [0.25, 0.3) is 0 Å². The standard InChI is InChI=1S/C14H12Cl2O3/c1-7-4-9(8(2)19-7)14(17)10-5-12(16)13(18-3)6-11(10)15/h4-6H,1-3H3. The van der Waals surface area contributed by atoms with Crippen LogP contribution in [-0.2, 0) is 0 Å². The number of furan rings is 1. The molecule has 0 spiro atoms. The van der Waals surface area contributed by atoms with Crippen molar-refractivity contribution in [2.75, 3.05) is 7.11 Å². The molecule has 0 aliphatic carbocycles. The first-order valence-electron chi connectivity index (χ1n) is 5.58. The zero-order chi connectivity index (χ0) is 14.2. The first kappa shape index (κ1) is 14.0.